The van der Waals surface area contributed by atoms with Gasteiger partial charge in [0, 0.05) is 10.6 Å². The molecule has 0 fully saturated rings. The molecular formula is C16H18N2O3S2. The Morgan fingerprint density at radius 3 is 1.96 bits per heavy atom. The molecule has 0 aliphatic carbocycles. The third-order valence-corrected chi connectivity index (χ3v) is 5.74. The minimum absolute atomic E-state index is 0.174. The minimum Gasteiger partial charge on any atom is -0.325 e. The number of nitrogens with two attached hydrogens (primary N) is 1. The second kappa shape index (κ2) is 7.16. The predicted octanol–water partition coefficient (Wildman–Crippen LogP) is 2.53. The molecule has 0 radical (unpaired) electrons. The van der Waals surface area contributed by atoms with Crippen molar-refractivity contribution in [2.45, 2.75) is 27.7 Å². The number of sulfone groups is 1. The monoisotopic (exact) mass is 350 g/mol. The van der Waals surface area contributed by atoms with Crippen molar-refractivity contribution in [1.82, 2.24) is 0 Å². The molecule has 122 valence electrons. The summed E-state index contributed by atoms with van der Waals surface area (Å²) < 4.78 is 25.1. The van der Waals surface area contributed by atoms with Crippen molar-refractivity contribution in [3.63, 3.8) is 0 Å². The molecular weight excluding hydrogens is 332 g/mol. The summed E-state index contributed by atoms with van der Waals surface area (Å²) in [6.45, 7) is 1.58. The van der Waals surface area contributed by atoms with Crippen LogP contribution in [0.1, 0.15) is 6.92 Å². The van der Waals surface area contributed by atoms with E-state index in [1.807, 2.05) is 6.26 Å². The van der Waals surface area contributed by atoms with Gasteiger partial charge >= 0.3 is 0 Å². The van der Waals surface area contributed by atoms with Crippen LogP contribution in [-0.4, -0.2) is 26.6 Å². The van der Waals surface area contributed by atoms with Crippen LogP contribution in [0.25, 0.3) is 0 Å². The Morgan fingerprint density at radius 1 is 1.04 bits per heavy atom. The number of hydrogen-bond acceptors (Lipinski definition) is 5. The number of anilines is 1. The van der Waals surface area contributed by atoms with E-state index in [-0.39, 0.29) is 15.7 Å². The van der Waals surface area contributed by atoms with Crippen molar-refractivity contribution >= 4 is 33.2 Å². The Kier molecular flexibility index (Phi) is 5.46. The van der Waals surface area contributed by atoms with E-state index in [0.717, 1.165) is 4.90 Å². The van der Waals surface area contributed by atoms with Crippen LogP contribution in [0.3, 0.4) is 0 Å². The number of amides is 1. The quantitative estimate of drug-likeness (QED) is 0.809. The molecule has 0 saturated carbocycles. The van der Waals surface area contributed by atoms with E-state index in [1.165, 1.54) is 12.1 Å². The maximum atomic E-state index is 12.6. The Bertz CT molecular complexity index is 783. The lowest BCUT2D eigenvalue weighted by Crippen LogP contribution is -2.32. The molecule has 1 unspecified atom stereocenters. The first-order valence-corrected chi connectivity index (χ1v) is 9.61. The molecule has 0 bridgehead atoms. The Labute approximate surface area is 140 Å². The number of benzene rings is 2. The number of nitrogens with one attached hydrogen (secondary N) is 1. The zero-order valence-electron chi connectivity index (χ0n) is 12.8. The van der Waals surface area contributed by atoms with Gasteiger partial charge in [0.25, 0.3) is 0 Å². The first kappa shape index (κ1) is 17.5. The number of hydrogen-bond donors (Lipinski definition) is 2. The molecule has 7 heteroatoms. The highest BCUT2D eigenvalue weighted by Gasteiger charge is 2.17. The van der Waals surface area contributed by atoms with E-state index < -0.39 is 15.9 Å². The van der Waals surface area contributed by atoms with Crippen LogP contribution in [0.4, 0.5) is 5.69 Å². The topological polar surface area (TPSA) is 89.3 Å². The summed E-state index contributed by atoms with van der Waals surface area (Å²) in [6, 6.07) is 12.1. The van der Waals surface area contributed by atoms with Crippen LogP contribution >= 0.6 is 11.8 Å². The fourth-order valence-electron chi connectivity index (χ4n) is 1.86. The summed E-state index contributed by atoms with van der Waals surface area (Å²) in [7, 11) is -3.57. The molecule has 0 saturated heterocycles. The fraction of sp³-hybridized carbons (Fsp3) is 0.188. The van der Waals surface area contributed by atoms with E-state index >= 15 is 0 Å². The van der Waals surface area contributed by atoms with Gasteiger partial charge in [0.2, 0.25) is 15.7 Å². The van der Waals surface area contributed by atoms with Crippen molar-refractivity contribution in [2.24, 2.45) is 5.73 Å². The van der Waals surface area contributed by atoms with Gasteiger partial charge < -0.3 is 11.1 Å². The minimum atomic E-state index is -3.57. The molecule has 2 aromatic carbocycles. The first-order chi connectivity index (χ1) is 10.8. The molecule has 2 rings (SSSR count). The smallest absolute Gasteiger partial charge is 0.240 e. The molecule has 0 aromatic heterocycles. The summed E-state index contributed by atoms with van der Waals surface area (Å²) in [5.41, 5.74) is 5.98. The molecule has 23 heavy (non-hydrogen) atoms. The second-order valence-corrected chi connectivity index (χ2v) is 7.81. The normalized spacial score (nSPS) is 12.7. The Balaban J connectivity index is 2.24. The van der Waals surface area contributed by atoms with Gasteiger partial charge in [-0.05, 0) is 61.7 Å². The lowest BCUT2D eigenvalue weighted by atomic mass is 10.3. The van der Waals surface area contributed by atoms with Crippen LogP contribution < -0.4 is 11.1 Å². The van der Waals surface area contributed by atoms with Gasteiger partial charge in [-0.2, -0.15) is 0 Å². The van der Waals surface area contributed by atoms with Crippen molar-refractivity contribution in [1.29, 1.82) is 0 Å². The second-order valence-electron chi connectivity index (χ2n) is 4.98. The highest BCUT2D eigenvalue weighted by atomic mass is 32.2. The molecule has 1 amide bonds. The van der Waals surface area contributed by atoms with Gasteiger partial charge in [-0.1, -0.05) is 0 Å². The van der Waals surface area contributed by atoms with Crippen molar-refractivity contribution in [3.05, 3.63) is 48.5 Å². The highest BCUT2D eigenvalue weighted by Crippen LogP contribution is 2.24. The van der Waals surface area contributed by atoms with E-state index in [9.17, 15) is 13.2 Å². The average molecular weight is 350 g/mol. The lowest BCUT2D eigenvalue weighted by Gasteiger charge is -2.09. The lowest BCUT2D eigenvalue weighted by molar-refractivity contribution is -0.117. The summed E-state index contributed by atoms with van der Waals surface area (Å²) >= 11 is 1.55. The number of carbonyl (C=O) groups is 1. The first-order valence-electron chi connectivity index (χ1n) is 6.90. The van der Waals surface area contributed by atoms with Crippen LogP contribution in [0.15, 0.2) is 63.2 Å². The summed E-state index contributed by atoms with van der Waals surface area (Å²) in [5, 5.41) is 2.61. The predicted molar refractivity (Wildman–Crippen MR) is 92.4 cm³/mol. The molecule has 2 aromatic rings. The van der Waals surface area contributed by atoms with E-state index in [0.29, 0.717) is 5.69 Å². The van der Waals surface area contributed by atoms with E-state index in [2.05, 4.69) is 5.32 Å². The maximum Gasteiger partial charge on any atom is 0.240 e. The van der Waals surface area contributed by atoms with E-state index in [4.69, 9.17) is 5.73 Å². The largest absolute Gasteiger partial charge is 0.325 e. The van der Waals surface area contributed by atoms with Crippen molar-refractivity contribution < 1.29 is 13.2 Å². The number of thioether (sulfide) groups is 1. The molecule has 1 atom stereocenters. The fourth-order valence-corrected chi connectivity index (χ4v) is 3.53. The average Bonchev–Trinajstić information content (AvgIpc) is 2.55. The summed E-state index contributed by atoms with van der Waals surface area (Å²) in [6.07, 6.45) is 1.93. The zero-order valence-corrected chi connectivity index (χ0v) is 14.4. The zero-order chi connectivity index (χ0) is 17.0. The number of rotatable bonds is 5. The van der Waals surface area contributed by atoms with Crippen LogP contribution in [0.5, 0.6) is 0 Å². The molecule has 5 nitrogen and oxygen atoms in total. The van der Waals surface area contributed by atoms with Crippen molar-refractivity contribution in [3.8, 4) is 0 Å². The Hall–Kier alpha value is -1.83. The van der Waals surface area contributed by atoms with Crippen LogP contribution in [0.2, 0.25) is 0 Å². The van der Waals surface area contributed by atoms with Gasteiger partial charge in [-0.15, -0.1) is 11.8 Å². The molecule has 0 spiro atoms. The standard InChI is InChI=1S/C16H18N2O3S2/c1-11(17)16(19)18-12-3-7-14(8-4-12)23(20,21)15-9-5-13(22-2)6-10-15/h3-11H,17H2,1-2H3,(H,18,19). The third kappa shape index (κ3) is 4.13. The Morgan fingerprint density at radius 2 is 1.52 bits per heavy atom. The molecule has 0 aliphatic rings. The van der Waals surface area contributed by atoms with Gasteiger partial charge in [-0.3, -0.25) is 4.79 Å². The highest BCUT2D eigenvalue weighted by molar-refractivity contribution is 7.98. The molecule has 0 aliphatic heterocycles. The molecule has 3 N–H and O–H groups in total. The molecule has 0 heterocycles. The third-order valence-electron chi connectivity index (χ3n) is 3.22. The maximum absolute atomic E-state index is 12.6. The summed E-state index contributed by atoms with van der Waals surface area (Å²) in [4.78, 5) is 12.9. The van der Waals surface area contributed by atoms with Gasteiger partial charge in [0.05, 0.1) is 15.8 Å². The van der Waals surface area contributed by atoms with Gasteiger partial charge in [0.1, 0.15) is 0 Å². The summed E-state index contributed by atoms with van der Waals surface area (Å²) in [5.74, 6) is -0.326. The van der Waals surface area contributed by atoms with Gasteiger partial charge in [-0.25, -0.2) is 8.42 Å². The number of carbonyl (C=O) groups excluding carboxylic acids is 1. The van der Waals surface area contributed by atoms with E-state index in [1.54, 1.807) is 55.1 Å². The SMILES string of the molecule is CSc1ccc(S(=O)(=O)c2ccc(NC(=O)C(C)N)cc2)cc1. The van der Waals surface area contributed by atoms with Crippen molar-refractivity contribution in [2.75, 3.05) is 11.6 Å². The van der Waals surface area contributed by atoms with Gasteiger partial charge in [0.15, 0.2) is 0 Å². The van der Waals surface area contributed by atoms with Crippen LogP contribution in [-0.2, 0) is 14.6 Å². The van der Waals surface area contributed by atoms with Crippen LogP contribution in [0, 0.1) is 0 Å².